The molecular weight excluding hydrogens is 152 g/mol. The Bertz CT molecular complexity index is 208. The SMILES string of the molecule is CCC(CN)Nc1cnccn1. The highest BCUT2D eigenvalue weighted by molar-refractivity contribution is 5.31. The van der Waals surface area contributed by atoms with E-state index in [1.54, 1.807) is 18.6 Å². The van der Waals surface area contributed by atoms with Gasteiger partial charge in [-0.05, 0) is 6.42 Å². The first kappa shape index (κ1) is 8.93. The predicted molar refractivity (Wildman–Crippen MR) is 48.8 cm³/mol. The molecule has 4 nitrogen and oxygen atoms in total. The highest BCUT2D eigenvalue weighted by Gasteiger charge is 2.02. The summed E-state index contributed by atoms with van der Waals surface area (Å²) >= 11 is 0. The number of nitrogens with zero attached hydrogens (tertiary/aromatic N) is 2. The van der Waals surface area contributed by atoms with E-state index >= 15 is 0 Å². The lowest BCUT2D eigenvalue weighted by Crippen LogP contribution is -2.28. The third kappa shape index (κ3) is 2.47. The summed E-state index contributed by atoms with van der Waals surface area (Å²) in [5.74, 6) is 0.787. The second-order valence-corrected chi connectivity index (χ2v) is 2.58. The van der Waals surface area contributed by atoms with Crippen molar-refractivity contribution < 1.29 is 0 Å². The summed E-state index contributed by atoms with van der Waals surface area (Å²) in [6.07, 6.45) is 5.99. The number of nitrogens with one attached hydrogen (secondary N) is 1. The van der Waals surface area contributed by atoms with E-state index in [0.717, 1.165) is 12.2 Å². The predicted octanol–water partition coefficient (Wildman–Crippen LogP) is 0.626. The van der Waals surface area contributed by atoms with Crippen LogP contribution in [0.15, 0.2) is 18.6 Å². The molecule has 0 amide bonds. The van der Waals surface area contributed by atoms with Crippen molar-refractivity contribution in [1.29, 1.82) is 0 Å². The fourth-order valence-corrected chi connectivity index (χ4v) is 0.910. The molecule has 0 aliphatic heterocycles. The van der Waals surface area contributed by atoms with Gasteiger partial charge in [-0.1, -0.05) is 6.92 Å². The molecule has 0 fully saturated rings. The zero-order valence-corrected chi connectivity index (χ0v) is 7.20. The van der Waals surface area contributed by atoms with Crippen LogP contribution in [0.1, 0.15) is 13.3 Å². The number of hydrogen-bond acceptors (Lipinski definition) is 4. The van der Waals surface area contributed by atoms with Crippen LogP contribution in [0, 0.1) is 0 Å². The van der Waals surface area contributed by atoms with Gasteiger partial charge in [-0.3, -0.25) is 4.98 Å². The molecule has 0 saturated carbocycles. The third-order valence-electron chi connectivity index (χ3n) is 1.69. The van der Waals surface area contributed by atoms with E-state index in [0.29, 0.717) is 12.6 Å². The van der Waals surface area contributed by atoms with Crippen LogP contribution in [0.25, 0.3) is 0 Å². The Kier molecular flexibility index (Phi) is 3.47. The van der Waals surface area contributed by atoms with Crippen LogP contribution < -0.4 is 11.1 Å². The van der Waals surface area contributed by atoms with E-state index in [2.05, 4.69) is 22.2 Å². The highest BCUT2D eigenvalue weighted by atomic mass is 15.0. The van der Waals surface area contributed by atoms with Gasteiger partial charge in [0.1, 0.15) is 5.82 Å². The number of nitrogens with two attached hydrogens (primary N) is 1. The Labute approximate surface area is 72.2 Å². The number of rotatable bonds is 4. The van der Waals surface area contributed by atoms with E-state index in [1.165, 1.54) is 0 Å². The molecule has 0 bridgehead atoms. The summed E-state index contributed by atoms with van der Waals surface area (Å²) < 4.78 is 0. The fourth-order valence-electron chi connectivity index (χ4n) is 0.910. The maximum absolute atomic E-state index is 5.52. The van der Waals surface area contributed by atoms with Crippen LogP contribution in [-0.2, 0) is 0 Å². The van der Waals surface area contributed by atoms with Crippen LogP contribution in [-0.4, -0.2) is 22.6 Å². The molecule has 1 unspecified atom stereocenters. The fraction of sp³-hybridized carbons (Fsp3) is 0.500. The molecule has 0 aliphatic carbocycles. The van der Waals surface area contributed by atoms with Crippen LogP contribution in [0.4, 0.5) is 5.82 Å². The topological polar surface area (TPSA) is 63.8 Å². The molecule has 0 radical (unpaired) electrons. The number of hydrogen-bond donors (Lipinski definition) is 2. The molecule has 0 spiro atoms. The molecule has 66 valence electrons. The minimum absolute atomic E-state index is 0.293. The van der Waals surface area contributed by atoms with Gasteiger partial charge in [-0.2, -0.15) is 0 Å². The maximum atomic E-state index is 5.52. The lowest BCUT2D eigenvalue weighted by Gasteiger charge is -2.14. The second kappa shape index (κ2) is 4.66. The summed E-state index contributed by atoms with van der Waals surface area (Å²) in [7, 11) is 0. The van der Waals surface area contributed by atoms with Crippen molar-refractivity contribution in [3.8, 4) is 0 Å². The van der Waals surface area contributed by atoms with Gasteiger partial charge in [-0.25, -0.2) is 4.98 Å². The van der Waals surface area contributed by atoms with Crippen LogP contribution in [0.3, 0.4) is 0 Å². The molecule has 1 atom stereocenters. The average Bonchev–Trinajstić information content (AvgIpc) is 2.16. The van der Waals surface area contributed by atoms with E-state index in [4.69, 9.17) is 5.73 Å². The lowest BCUT2D eigenvalue weighted by atomic mass is 10.2. The maximum Gasteiger partial charge on any atom is 0.144 e. The van der Waals surface area contributed by atoms with Crippen LogP contribution in [0.2, 0.25) is 0 Å². The van der Waals surface area contributed by atoms with Crippen molar-refractivity contribution in [2.45, 2.75) is 19.4 Å². The molecule has 1 heterocycles. The number of anilines is 1. The normalized spacial score (nSPS) is 12.5. The Hall–Kier alpha value is -1.16. The zero-order chi connectivity index (χ0) is 8.81. The molecule has 3 N–H and O–H groups in total. The van der Waals surface area contributed by atoms with Gasteiger partial charge < -0.3 is 11.1 Å². The second-order valence-electron chi connectivity index (χ2n) is 2.58. The zero-order valence-electron chi connectivity index (χ0n) is 7.20. The van der Waals surface area contributed by atoms with Crippen molar-refractivity contribution in [2.75, 3.05) is 11.9 Å². The van der Waals surface area contributed by atoms with Crippen LogP contribution in [0.5, 0.6) is 0 Å². The molecule has 0 saturated heterocycles. The first-order valence-corrected chi connectivity index (χ1v) is 4.09. The molecule has 1 aromatic heterocycles. The lowest BCUT2D eigenvalue weighted by molar-refractivity contribution is 0.699. The van der Waals surface area contributed by atoms with Crippen molar-refractivity contribution in [2.24, 2.45) is 5.73 Å². The van der Waals surface area contributed by atoms with Crippen molar-refractivity contribution >= 4 is 5.82 Å². The molecule has 1 aromatic rings. The standard InChI is InChI=1S/C8H14N4/c1-2-7(5-9)12-8-6-10-3-4-11-8/h3-4,6-7H,2,5,9H2,1H3,(H,11,12). The van der Waals surface area contributed by atoms with E-state index < -0.39 is 0 Å². The van der Waals surface area contributed by atoms with E-state index in [-0.39, 0.29) is 0 Å². The van der Waals surface area contributed by atoms with Gasteiger partial charge in [0.15, 0.2) is 0 Å². The monoisotopic (exact) mass is 166 g/mol. The Morgan fingerprint density at radius 3 is 2.92 bits per heavy atom. The summed E-state index contributed by atoms with van der Waals surface area (Å²) in [6, 6.07) is 0.293. The molecular formula is C8H14N4. The molecule has 4 heteroatoms. The van der Waals surface area contributed by atoms with Gasteiger partial charge in [0.05, 0.1) is 6.20 Å². The van der Waals surface area contributed by atoms with Gasteiger partial charge in [0.25, 0.3) is 0 Å². The van der Waals surface area contributed by atoms with Crippen molar-refractivity contribution in [3.63, 3.8) is 0 Å². The van der Waals surface area contributed by atoms with E-state index in [9.17, 15) is 0 Å². The summed E-state index contributed by atoms with van der Waals surface area (Å²) in [5.41, 5.74) is 5.52. The van der Waals surface area contributed by atoms with Gasteiger partial charge in [-0.15, -0.1) is 0 Å². The minimum Gasteiger partial charge on any atom is -0.365 e. The molecule has 12 heavy (non-hydrogen) atoms. The smallest absolute Gasteiger partial charge is 0.144 e. The minimum atomic E-state index is 0.293. The molecule has 0 aliphatic rings. The Morgan fingerprint density at radius 1 is 1.58 bits per heavy atom. The highest BCUT2D eigenvalue weighted by Crippen LogP contribution is 2.01. The Balaban J connectivity index is 2.51. The molecule has 1 rings (SSSR count). The Morgan fingerprint density at radius 2 is 2.42 bits per heavy atom. The average molecular weight is 166 g/mol. The first-order valence-electron chi connectivity index (χ1n) is 4.09. The summed E-state index contributed by atoms with van der Waals surface area (Å²) in [4.78, 5) is 8.03. The number of aromatic nitrogens is 2. The summed E-state index contributed by atoms with van der Waals surface area (Å²) in [6.45, 7) is 2.70. The third-order valence-corrected chi connectivity index (χ3v) is 1.69. The van der Waals surface area contributed by atoms with E-state index in [1.807, 2.05) is 0 Å². The van der Waals surface area contributed by atoms with Crippen molar-refractivity contribution in [3.05, 3.63) is 18.6 Å². The first-order chi connectivity index (χ1) is 5.86. The van der Waals surface area contributed by atoms with Crippen LogP contribution >= 0.6 is 0 Å². The largest absolute Gasteiger partial charge is 0.365 e. The van der Waals surface area contributed by atoms with Gasteiger partial charge in [0.2, 0.25) is 0 Å². The molecule has 0 aromatic carbocycles. The van der Waals surface area contributed by atoms with Gasteiger partial charge in [0, 0.05) is 25.0 Å². The van der Waals surface area contributed by atoms with Gasteiger partial charge >= 0.3 is 0 Å². The quantitative estimate of drug-likeness (QED) is 0.688. The van der Waals surface area contributed by atoms with Crippen molar-refractivity contribution in [1.82, 2.24) is 9.97 Å². The summed E-state index contributed by atoms with van der Waals surface area (Å²) in [5, 5.41) is 3.18.